The second kappa shape index (κ2) is 4.31. The van der Waals surface area contributed by atoms with Crippen LogP contribution in [-0.4, -0.2) is 4.57 Å². The maximum Gasteiger partial charge on any atom is 0.251 e. The SMILES string of the molecule is Cc1cccc(=O)n1Cc1ccccc1F. The molecule has 2 aromatic rings. The molecule has 0 aliphatic carbocycles. The number of halogens is 1. The second-order valence-corrected chi connectivity index (χ2v) is 3.68. The summed E-state index contributed by atoms with van der Waals surface area (Å²) in [6.07, 6.45) is 0. The van der Waals surface area contributed by atoms with Crippen molar-refractivity contribution in [3.05, 3.63) is 69.9 Å². The maximum absolute atomic E-state index is 13.4. The third kappa shape index (κ3) is 2.03. The molecule has 82 valence electrons. The van der Waals surface area contributed by atoms with Gasteiger partial charge in [0.25, 0.3) is 5.56 Å². The molecule has 0 amide bonds. The summed E-state index contributed by atoms with van der Waals surface area (Å²) < 4.78 is 15.0. The van der Waals surface area contributed by atoms with Gasteiger partial charge in [0.2, 0.25) is 0 Å². The van der Waals surface area contributed by atoms with Crippen LogP contribution in [0.4, 0.5) is 4.39 Å². The number of pyridine rings is 1. The molecule has 0 spiro atoms. The van der Waals surface area contributed by atoms with Gasteiger partial charge < -0.3 is 4.57 Å². The van der Waals surface area contributed by atoms with Crippen molar-refractivity contribution >= 4 is 0 Å². The lowest BCUT2D eigenvalue weighted by molar-refractivity contribution is 0.593. The molecule has 0 aliphatic rings. The monoisotopic (exact) mass is 217 g/mol. The highest BCUT2D eigenvalue weighted by Crippen LogP contribution is 2.08. The van der Waals surface area contributed by atoms with Gasteiger partial charge in [0.05, 0.1) is 6.54 Å². The van der Waals surface area contributed by atoms with Crippen LogP contribution in [0.25, 0.3) is 0 Å². The van der Waals surface area contributed by atoms with E-state index in [1.54, 1.807) is 28.8 Å². The third-order valence-electron chi connectivity index (χ3n) is 2.55. The van der Waals surface area contributed by atoms with Gasteiger partial charge in [-0.25, -0.2) is 4.39 Å². The molecule has 0 saturated heterocycles. The van der Waals surface area contributed by atoms with Crippen molar-refractivity contribution < 1.29 is 4.39 Å². The summed E-state index contributed by atoms with van der Waals surface area (Å²) >= 11 is 0. The van der Waals surface area contributed by atoms with E-state index in [9.17, 15) is 9.18 Å². The first-order chi connectivity index (χ1) is 7.68. The van der Waals surface area contributed by atoms with Gasteiger partial charge in [-0.1, -0.05) is 24.3 Å². The first kappa shape index (κ1) is 10.6. The minimum atomic E-state index is -0.280. The van der Waals surface area contributed by atoms with Crippen LogP contribution < -0.4 is 5.56 Å². The van der Waals surface area contributed by atoms with Crippen molar-refractivity contribution in [2.75, 3.05) is 0 Å². The zero-order valence-electron chi connectivity index (χ0n) is 8.98. The quantitative estimate of drug-likeness (QED) is 0.756. The molecule has 0 N–H and O–H groups in total. The minimum Gasteiger partial charge on any atom is -0.308 e. The summed E-state index contributed by atoms with van der Waals surface area (Å²) in [6.45, 7) is 2.11. The zero-order chi connectivity index (χ0) is 11.5. The third-order valence-corrected chi connectivity index (χ3v) is 2.55. The van der Waals surface area contributed by atoms with Crippen LogP contribution in [0.1, 0.15) is 11.3 Å². The summed E-state index contributed by atoms with van der Waals surface area (Å²) in [6, 6.07) is 11.5. The number of benzene rings is 1. The smallest absolute Gasteiger partial charge is 0.251 e. The molecule has 0 fully saturated rings. The summed E-state index contributed by atoms with van der Waals surface area (Å²) in [7, 11) is 0. The highest BCUT2D eigenvalue weighted by Gasteiger charge is 2.04. The molecule has 2 rings (SSSR count). The van der Waals surface area contributed by atoms with E-state index in [1.807, 2.05) is 13.0 Å². The largest absolute Gasteiger partial charge is 0.308 e. The second-order valence-electron chi connectivity index (χ2n) is 3.68. The van der Waals surface area contributed by atoms with E-state index in [-0.39, 0.29) is 17.9 Å². The highest BCUT2D eigenvalue weighted by molar-refractivity contribution is 5.19. The molecule has 0 unspecified atom stereocenters. The Labute approximate surface area is 93.0 Å². The van der Waals surface area contributed by atoms with Gasteiger partial charge in [0.1, 0.15) is 5.82 Å². The predicted molar refractivity (Wildman–Crippen MR) is 60.9 cm³/mol. The van der Waals surface area contributed by atoms with Gasteiger partial charge in [-0.2, -0.15) is 0 Å². The lowest BCUT2D eigenvalue weighted by atomic mass is 10.2. The van der Waals surface area contributed by atoms with E-state index in [4.69, 9.17) is 0 Å². The van der Waals surface area contributed by atoms with E-state index in [2.05, 4.69) is 0 Å². The van der Waals surface area contributed by atoms with Crippen molar-refractivity contribution in [2.24, 2.45) is 0 Å². The van der Waals surface area contributed by atoms with Crippen LogP contribution >= 0.6 is 0 Å². The van der Waals surface area contributed by atoms with E-state index < -0.39 is 0 Å². The Hall–Kier alpha value is -1.90. The van der Waals surface area contributed by atoms with Crippen molar-refractivity contribution in [1.82, 2.24) is 4.57 Å². The van der Waals surface area contributed by atoms with Gasteiger partial charge in [-0.15, -0.1) is 0 Å². The molecule has 1 aromatic heterocycles. The molecule has 3 heteroatoms. The van der Waals surface area contributed by atoms with Gasteiger partial charge >= 0.3 is 0 Å². The van der Waals surface area contributed by atoms with Gasteiger partial charge in [0.15, 0.2) is 0 Å². The Bertz CT molecular complexity index is 560. The van der Waals surface area contributed by atoms with Crippen molar-refractivity contribution in [2.45, 2.75) is 13.5 Å². The van der Waals surface area contributed by atoms with Crippen LogP contribution in [0.5, 0.6) is 0 Å². The lowest BCUT2D eigenvalue weighted by Crippen LogP contribution is -2.21. The fourth-order valence-corrected chi connectivity index (χ4v) is 1.62. The molecule has 0 atom stereocenters. The Kier molecular flexibility index (Phi) is 2.86. The lowest BCUT2D eigenvalue weighted by Gasteiger charge is -2.09. The van der Waals surface area contributed by atoms with Crippen molar-refractivity contribution in [1.29, 1.82) is 0 Å². The summed E-state index contributed by atoms with van der Waals surface area (Å²) in [5.74, 6) is -0.280. The average Bonchev–Trinajstić information content (AvgIpc) is 2.26. The first-order valence-electron chi connectivity index (χ1n) is 5.08. The number of aryl methyl sites for hydroxylation is 1. The minimum absolute atomic E-state index is 0.108. The van der Waals surface area contributed by atoms with Gasteiger partial charge in [0, 0.05) is 17.3 Å². The van der Waals surface area contributed by atoms with Crippen LogP contribution in [0.3, 0.4) is 0 Å². The number of aromatic nitrogens is 1. The molecular formula is C13H12FNO. The van der Waals surface area contributed by atoms with Crippen molar-refractivity contribution in [3.8, 4) is 0 Å². The van der Waals surface area contributed by atoms with Crippen LogP contribution in [0.15, 0.2) is 47.3 Å². The number of rotatable bonds is 2. The van der Waals surface area contributed by atoms with E-state index in [0.29, 0.717) is 5.56 Å². The van der Waals surface area contributed by atoms with E-state index in [0.717, 1.165) is 5.69 Å². The number of hydrogen-bond donors (Lipinski definition) is 0. The molecule has 0 radical (unpaired) electrons. The molecule has 16 heavy (non-hydrogen) atoms. The molecule has 0 bridgehead atoms. The van der Waals surface area contributed by atoms with E-state index in [1.165, 1.54) is 12.1 Å². The van der Waals surface area contributed by atoms with Crippen LogP contribution in [0, 0.1) is 12.7 Å². The molecule has 2 nitrogen and oxygen atoms in total. The molecule has 1 aromatic carbocycles. The predicted octanol–water partition coefficient (Wildman–Crippen LogP) is 2.34. The topological polar surface area (TPSA) is 22.0 Å². The maximum atomic E-state index is 13.4. The molecular weight excluding hydrogens is 205 g/mol. The zero-order valence-corrected chi connectivity index (χ0v) is 8.98. The summed E-state index contributed by atoms with van der Waals surface area (Å²) in [5, 5.41) is 0. The van der Waals surface area contributed by atoms with Crippen LogP contribution in [-0.2, 0) is 6.54 Å². The highest BCUT2D eigenvalue weighted by atomic mass is 19.1. The molecule has 0 aliphatic heterocycles. The normalized spacial score (nSPS) is 10.4. The summed E-state index contributed by atoms with van der Waals surface area (Å²) in [5.41, 5.74) is 1.25. The van der Waals surface area contributed by atoms with E-state index >= 15 is 0 Å². The Morgan fingerprint density at radius 2 is 1.88 bits per heavy atom. The average molecular weight is 217 g/mol. The Morgan fingerprint density at radius 1 is 1.12 bits per heavy atom. The van der Waals surface area contributed by atoms with Crippen molar-refractivity contribution in [3.63, 3.8) is 0 Å². The Morgan fingerprint density at radius 3 is 2.56 bits per heavy atom. The fourth-order valence-electron chi connectivity index (χ4n) is 1.62. The summed E-state index contributed by atoms with van der Waals surface area (Å²) in [4.78, 5) is 11.6. The standard InChI is InChI=1S/C13H12FNO/c1-10-5-4-8-13(16)15(10)9-11-6-2-3-7-12(11)14/h2-8H,9H2,1H3. The molecule has 0 saturated carbocycles. The molecule has 1 heterocycles. The van der Waals surface area contributed by atoms with Gasteiger partial charge in [-0.05, 0) is 19.1 Å². The fraction of sp³-hybridized carbons (Fsp3) is 0.154. The van der Waals surface area contributed by atoms with Crippen LogP contribution in [0.2, 0.25) is 0 Å². The first-order valence-corrected chi connectivity index (χ1v) is 5.08. The number of hydrogen-bond acceptors (Lipinski definition) is 1. The van der Waals surface area contributed by atoms with Gasteiger partial charge in [-0.3, -0.25) is 4.79 Å². The number of nitrogens with zero attached hydrogens (tertiary/aromatic N) is 1. The Balaban J connectivity index is 2.42.